The van der Waals surface area contributed by atoms with Crippen LogP contribution in [0.1, 0.15) is 49.7 Å². The van der Waals surface area contributed by atoms with E-state index in [4.69, 9.17) is 5.73 Å². The van der Waals surface area contributed by atoms with E-state index in [0.29, 0.717) is 18.5 Å². The van der Waals surface area contributed by atoms with Gasteiger partial charge in [-0.05, 0) is 50.2 Å². The monoisotopic (exact) mass is 376 g/mol. The summed E-state index contributed by atoms with van der Waals surface area (Å²) in [5, 5.41) is 0. The maximum absolute atomic E-state index is 12.8. The summed E-state index contributed by atoms with van der Waals surface area (Å²) < 4.78 is 38.5. The number of amides is 1. The summed E-state index contributed by atoms with van der Waals surface area (Å²) >= 11 is 0. The molecule has 4 atom stereocenters. The van der Waals surface area contributed by atoms with Gasteiger partial charge in [0.15, 0.2) is 0 Å². The Kier molecular flexibility index (Phi) is 6.05. The van der Waals surface area contributed by atoms with Crippen molar-refractivity contribution in [1.82, 2.24) is 4.90 Å². The van der Waals surface area contributed by atoms with Crippen molar-refractivity contribution in [3.8, 4) is 0 Å². The van der Waals surface area contributed by atoms with Crippen LogP contribution < -0.4 is 5.73 Å². The van der Waals surface area contributed by atoms with Crippen molar-refractivity contribution in [1.29, 1.82) is 0 Å². The summed E-state index contributed by atoms with van der Waals surface area (Å²) in [5.74, 6) is -0.247. The lowest BCUT2D eigenvalue weighted by molar-refractivity contribution is -0.137. The van der Waals surface area contributed by atoms with E-state index in [1.54, 1.807) is 6.07 Å². The molecule has 1 aliphatic carbocycles. The normalized spacial score (nSPS) is 27.4. The summed E-state index contributed by atoms with van der Waals surface area (Å²) in [7, 11) is 0. The van der Waals surface area contributed by atoms with E-state index in [1.807, 2.05) is 11.8 Å². The summed E-state index contributed by atoms with van der Waals surface area (Å²) in [6.45, 7) is 2.62. The first-order chi connectivity index (χ1) is 11.3. The van der Waals surface area contributed by atoms with Gasteiger partial charge in [0.2, 0.25) is 5.91 Å². The lowest BCUT2D eigenvalue weighted by Crippen LogP contribution is -2.52. The highest BCUT2D eigenvalue weighted by Gasteiger charge is 2.48. The van der Waals surface area contributed by atoms with Crippen molar-refractivity contribution in [3.63, 3.8) is 0 Å². The first kappa shape index (κ1) is 20.0. The van der Waals surface area contributed by atoms with Crippen molar-refractivity contribution < 1.29 is 18.0 Å². The molecule has 1 saturated heterocycles. The summed E-state index contributed by atoms with van der Waals surface area (Å²) in [6, 6.07) is 5.32. The molecule has 0 bridgehead atoms. The Morgan fingerprint density at radius 1 is 1.32 bits per heavy atom. The molecule has 2 fully saturated rings. The second kappa shape index (κ2) is 7.54. The molecule has 1 heterocycles. The lowest BCUT2D eigenvalue weighted by Gasteiger charge is -2.38. The standard InChI is InChI=1S/C18H23F3N2O.ClH/c1-11(22)16-7-2-3-8-23(16)17(24)15-10-14(15)12-5-4-6-13(9-12)18(19,20)21;/h4-6,9,11,14-16H,2-3,7-8,10,22H2,1H3;1H. The smallest absolute Gasteiger partial charge is 0.338 e. The van der Waals surface area contributed by atoms with Crippen molar-refractivity contribution in [2.75, 3.05) is 6.54 Å². The molecule has 0 radical (unpaired) electrons. The van der Waals surface area contributed by atoms with Gasteiger partial charge in [-0.2, -0.15) is 13.2 Å². The van der Waals surface area contributed by atoms with Crippen LogP contribution in [0.15, 0.2) is 24.3 Å². The highest BCUT2D eigenvalue weighted by molar-refractivity contribution is 5.85. The fourth-order valence-corrected chi connectivity index (χ4v) is 3.77. The first-order valence-corrected chi connectivity index (χ1v) is 8.52. The number of rotatable bonds is 3. The van der Waals surface area contributed by atoms with E-state index in [-0.39, 0.29) is 42.2 Å². The van der Waals surface area contributed by atoms with Crippen molar-refractivity contribution in [3.05, 3.63) is 35.4 Å². The Bertz CT molecular complexity index is 621. The predicted octanol–water partition coefficient (Wildman–Crippen LogP) is 3.96. The predicted molar refractivity (Wildman–Crippen MR) is 92.5 cm³/mol. The van der Waals surface area contributed by atoms with Crippen LogP contribution in [0.4, 0.5) is 13.2 Å². The third kappa shape index (κ3) is 4.29. The number of piperidine rings is 1. The van der Waals surface area contributed by atoms with E-state index >= 15 is 0 Å². The number of hydrogen-bond acceptors (Lipinski definition) is 2. The van der Waals surface area contributed by atoms with Crippen molar-refractivity contribution in [2.45, 2.75) is 56.8 Å². The van der Waals surface area contributed by atoms with Crippen LogP contribution in [0.5, 0.6) is 0 Å². The molecule has 0 aromatic heterocycles. The van der Waals surface area contributed by atoms with Crippen LogP contribution in [0.25, 0.3) is 0 Å². The minimum absolute atomic E-state index is 0. The number of carbonyl (C=O) groups is 1. The number of halogens is 4. The fraction of sp³-hybridized carbons (Fsp3) is 0.611. The Morgan fingerprint density at radius 2 is 2.04 bits per heavy atom. The Balaban J connectivity index is 0.00000225. The van der Waals surface area contributed by atoms with Gasteiger partial charge in [-0.15, -0.1) is 12.4 Å². The van der Waals surface area contributed by atoms with Gasteiger partial charge in [-0.25, -0.2) is 0 Å². The molecule has 3 rings (SSSR count). The first-order valence-electron chi connectivity index (χ1n) is 8.52. The molecular formula is C18H24ClF3N2O. The Hall–Kier alpha value is -1.27. The third-order valence-electron chi connectivity index (χ3n) is 5.19. The molecule has 0 spiro atoms. The highest BCUT2D eigenvalue weighted by atomic mass is 35.5. The van der Waals surface area contributed by atoms with Crippen LogP contribution in [0.3, 0.4) is 0 Å². The van der Waals surface area contributed by atoms with E-state index in [9.17, 15) is 18.0 Å². The van der Waals surface area contributed by atoms with E-state index in [2.05, 4.69) is 0 Å². The Morgan fingerprint density at radius 3 is 2.68 bits per heavy atom. The van der Waals surface area contributed by atoms with Gasteiger partial charge in [-0.3, -0.25) is 4.79 Å². The van der Waals surface area contributed by atoms with E-state index in [0.717, 1.165) is 25.3 Å². The molecule has 2 N–H and O–H groups in total. The molecule has 2 aliphatic rings. The van der Waals surface area contributed by atoms with E-state index in [1.165, 1.54) is 12.1 Å². The number of benzene rings is 1. The topological polar surface area (TPSA) is 46.3 Å². The van der Waals surface area contributed by atoms with Gasteiger partial charge < -0.3 is 10.6 Å². The molecule has 1 saturated carbocycles. The molecule has 140 valence electrons. The number of alkyl halides is 3. The van der Waals surface area contributed by atoms with Crippen LogP contribution in [0.2, 0.25) is 0 Å². The van der Waals surface area contributed by atoms with Gasteiger partial charge in [0.1, 0.15) is 0 Å². The zero-order valence-corrected chi connectivity index (χ0v) is 14.9. The Labute approximate surface area is 152 Å². The number of carbonyl (C=O) groups excluding carboxylic acids is 1. The van der Waals surface area contributed by atoms with Gasteiger partial charge in [0.25, 0.3) is 0 Å². The summed E-state index contributed by atoms with van der Waals surface area (Å²) in [5.41, 5.74) is 5.97. The largest absolute Gasteiger partial charge is 0.416 e. The molecule has 1 aromatic rings. The van der Waals surface area contributed by atoms with Gasteiger partial charge in [0, 0.05) is 24.5 Å². The SMILES string of the molecule is CC(N)C1CCCCN1C(=O)C1CC1c1cccc(C(F)(F)F)c1.Cl. The van der Waals surface area contributed by atoms with E-state index < -0.39 is 11.7 Å². The third-order valence-corrected chi connectivity index (χ3v) is 5.19. The molecular weight excluding hydrogens is 353 g/mol. The quantitative estimate of drug-likeness (QED) is 0.868. The minimum atomic E-state index is -4.35. The van der Waals surface area contributed by atoms with Crippen LogP contribution >= 0.6 is 12.4 Å². The maximum Gasteiger partial charge on any atom is 0.416 e. The molecule has 3 nitrogen and oxygen atoms in total. The molecule has 4 unspecified atom stereocenters. The highest BCUT2D eigenvalue weighted by Crippen LogP contribution is 2.49. The van der Waals surface area contributed by atoms with Gasteiger partial charge in [0.05, 0.1) is 5.56 Å². The number of nitrogens with two attached hydrogens (primary N) is 1. The average Bonchev–Trinajstić information content (AvgIpc) is 3.34. The summed E-state index contributed by atoms with van der Waals surface area (Å²) in [6.07, 6.45) is -0.780. The summed E-state index contributed by atoms with van der Waals surface area (Å²) in [4.78, 5) is 14.7. The van der Waals surface area contributed by atoms with Crippen molar-refractivity contribution in [2.24, 2.45) is 11.7 Å². The van der Waals surface area contributed by atoms with Gasteiger partial charge in [-0.1, -0.05) is 18.2 Å². The fourth-order valence-electron chi connectivity index (χ4n) is 3.77. The number of likely N-dealkylation sites (tertiary alicyclic amines) is 1. The lowest BCUT2D eigenvalue weighted by atomic mass is 9.96. The van der Waals surface area contributed by atoms with Crippen LogP contribution in [0, 0.1) is 5.92 Å². The average molecular weight is 377 g/mol. The minimum Gasteiger partial charge on any atom is -0.338 e. The maximum atomic E-state index is 12.8. The molecule has 1 amide bonds. The number of hydrogen-bond donors (Lipinski definition) is 1. The second-order valence-electron chi connectivity index (χ2n) is 7.03. The van der Waals surface area contributed by atoms with Crippen molar-refractivity contribution >= 4 is 18.3 Å². The van der Waals surface area contributed by atoms with Gasteiger partial charge >= 0.3 is 6.18 Å². The zero-order valence-electron chi connectivity index (χ0n) is 14.1. The molecule has 1 aromatic carbocycles. The second-order valence-corrected chi connectivity index (χ2v) is 7.03. The van der Waals surface area contributed by atoms with Crippen LogP contribution in [-0.2, 0) is 11.0 Å². The molecule has 25 heavy (non-hydrogen) atoms. The molecule has 1 aliphatic heterocycles. The molecule has 7 heteroatoms. The number of nitrogens with zero attached hydrogens (tertiary/aromatic N) is 1. The van der Waals surface area contributed by atoms with Crippen LogP contribution in [-0.4, -0.2) is 29.4 Å². The zero-order chi connectivity index (χ0) is 17.5.